The van der Waals surface area contributed by atoms with Crippen molar-refractivity contribution in [3.8, 4) is 5.75 Å². The molecule has 0 radical (unpaired) electrons. The molecule has 1 aromatic carbocycles. The van der Waals surface area contributed by atoms with E-state index < -0.39 is 0 Å². The summed E-state index contributed by atoms with van der Waals surface area (Å²) in [7, 11) is 0. The molecule has 0 aliphatic heterocycles. The van der Waals surface area contributed by atoms with Crippen LogP contribution in [0.3, 0.4) is 0 Å². The minimum atomic E-state index is 0.0692. The van der Waals surface area contributed by atoms with Crippen molar-refractivity contribution in [2.75, 3.05) is 13.2 Å². The largest absolute Gasteiger partial charge is 0.494 e. The van der Waals surface area contributed by atoms with Gasteiger partial charge in [-0.1, -0.05) is 36.8 Å². The summed E-state index contributed by atoms with van der Waals surface area (Å²) in [6.07, 6.45) is 7.06. The molecular weight excluding hydrogens is 296 g/mol. The molecule has 1 unspecified atom stereocenters. The van der Waals surface area contributed by atoms with Crippen LogP contribution in [-0.2, 0) is 6.42 Å². The summed E-state index contributed by atoms with van der Waals surface area (Å²) in [4.78, 5) is 0. The summed E-state index contributed by atoms with van der Waals surface area (Å²) in [5, 5.41) is 9.27. The second-order valence-corrected chi connectivity index (χ2v) is 6.47. The van der Waals surface area contributed by atoms with Crippen molar-refractivity contribution in [2.45, 2.75) is 38.5 Å². The van der Waals surface area contributed by atoms with E-state index in [1.54, 1.807) is 0 Å². The lowest BCUT2D eigenvalue weighted by Crippen LogP contribution is -2.11. The van der Waals surface area contributed by atoms with Gasteiger partial charge in [0.2, 0.25) is 0 Å². The van der Waals surface area contributed by atoms with Crippen molar-refractivity contribution >= 4 is 11.6 Å². The standard InChI is InChI=1S/C19H25ClO2/c1-3-22-18-7-4-15(5-8-18)11-17-12-16(6-9-19(17)20)10-14(2)13-21/h4-8,12,14,19,21H,3,9-11,13H2,1-2H3/t14-,19?/m0/s1. The first-order valence-electron chi connectivity index (χ1n) is 7.98. The number of ether oxygens (including phenoxy) is 1. The quantitative estimate of drug-likeness (QED) is 0.749. The zero-order valence-electron chi connectivity index (χ0n) is 13.4. The molecule has 2 nitrogen and oxygen atoms in total. The molecule has 120 valence electrons. The summed E-state index contributed by atoms with van der Waals surface area (Å²) < 4.78 is 5.47. The summed E-state index contributed by atoms with van der Waals surface area (Å²) in [5.74, 6) is 1.20. The van der Waals surface area contributed by atoms with Crippen LogP contribution in [0.1, 0.15) is 32.3 Å². The monoisotopic (exact) mass is 320 g/mol. The van der Waals surface area contributed by atoms with Gasteiger partial charge < -0.3 is 9.84 Å². The van der Waals surface area contributed by atoms with Gasteiger partial charge in [0, 0.05) is 6.61 Å². The fraction of sp³-hybridized carbons (Fsp3) is 0.474. The van der Waals surface area contributed by atoms with E-state index in [0.717, 1.165) is 25.0 Å². The van der Waals surface area contributed by atoms with Gasteiger partial charge in [0.05, 0.1) is 12.0 Å². The lowest BCUT2D eigenvalue weighted by Gasteiger charge is -2.20. The number of hydrogen-bond acceptors (Lipinski definition) is 2. The normalized spacial score (nSPS) is 19.4. The second-order valence-electron chi connectivity index (χ2n) is 5.95. The molecule has 3 heteroatoms. The number of alkyl halides is 1. The smallest absolute Gasteiger partial charge is 0.119 e. The third-order valence-electron chi connectivity index (χ3n) is 3.90. The average molecular weight is 321 g/mol. The van der Waals surface area contributed by atoms with Crippen LogP contribution in [0.15, 0.2) is 47.6 Å². The second kappa shape index (κ2) is 8.40. The van der Waals surface area contributed by atoms with Crippen molar-refractivity contribution in [1.82, 2.24) is 0 Å². The fourth-order valence-electron chi connectivity index (χ4n) is 2.67. The summed E-state index contributed by atoms with van der Waals surface area (Å²) in [5.41, 5.74) is 3.80. The van der Waals surface area contributed by atoms with Crippen LogP contribution in [0.2, 0.25) is 0 Å². The van der Waals surface area contributed by atoms with Crippen molar-refractivity contribution in [3.63, 3.8) is 0 Å². The molecule has 2 atom stereocenters. The fourth-order valence-corrected chi connectivity index (χ4v) is 2.90. The molecule has 1 aliphatic rings. The highest BCUT2D eigenvalue weighted by molar-refractivity contribution is 6.22. The third kappa shape index (κ3) is 4.89. The molecule has 0 amide bonds. The van der Waals surface area contributed by atoms with E-state index >= 15 is 0 Å². The summed E-state index contributed by atoms with van der Waals surface area (Å²) >= 11 is 6.46. The van der Waals surface area contributed by atoms with Crippen molar-refractivity contribution in [2.24, 2.45) is 5.92 Å². The van der Waals surface area contributed by atoms with E-state index in [4.69, 9.17) is 16.3 Å². The van der Waals surface area contributed by atoms with Crippen LogP contribution in [0.5, 0.6) is 5.75 Å². The molecule has 0 saturated carbocycles. The molecule has 1 aliphatic carbocycles. The molecule has 0 heterocycles. The van der Waals surface area contributed by atoms with Crippen LogP contribution in [0.25, 0.3) is 0 Å². The van der Waals surface area contributed by atoms with Gasteiger partial charge in [-0.25, -0.2) is 0 Å². The van der Waals surface area contributed by atoms with Crippen LogP contribution in [0.4, 0.5) is 0 Å². The van der Waals surface area contributed by atoms with Crippen LogP contribution in [0, 0.1) is 5.92 Å². The molecule has 0 aromatic heterocycles. The third-order valence-corrected chi connectivity index (χ3v) is 4.36. The lowest BCUT2D eigenvalue weighted by molar-refractivity contribution is 0.237. The highest BCUT2D eigenvalue weighted by Gasteiger charge is 2.17. The molecule has 0 spiro atoms. The first kappa shape index (κ1) is 17.1. The van der Waals surface area contributed by atoms with Gasteiger partial charge >= 0.3 is 0 Å². The highest BCUT2D eigenvalue weighted by atomic mass is 35.5. The van der Waals surface area contributed by atoms with Gasteiger partial charge in [-0.05, 0) is 55.4 Å². The molecule has 1 aromatic rings. The Hall–Kier alpha value is -1.25. The summed E-state index contributed by atoms with van der Waals surface area (Å²) in [6, 6.07) is 8.22. The maximum atomic E-state index is 9.20. The molecule has 0 saturated heterocycles. The maximum Gasteiger partial charge on any atom is 0.119 e. The minimum absolute atomic E-state index is 0.0692. The molecule has 22 heavy (non-hydrogen) atoms. The van der Waals surface area contributed by atoms with Gasteiger partial charge in [-0.3, -0.25) is 0 Å². The zero-order chi connectivity index (χ0) is 15.9. The first-order chi connectivity index (χ1) is 10.6. The van der Waals surface area contributed by atoms with Gasteiger partial charge in [0.25, 0.3) is 0 Å². The van der Waals surface area contributed by atoms with Crippen LogP contribution in [-0.4, -0.2) is 23.7 Å². The van der Waals surface area contributed by atoms with E-state index in [9.17, 15) is 5.11 Å². The Bertz CT molecular complexity index is 531. The minimum Gasteiger partial charge on any atom is -0.494 e. The van der Waals surface area contributed by atoms with E-state index in [1.165, 1.54) is 16.7 Å². The topological polar surface area (TPSA) is 29.5 Å². The van der Waals surface area contributed by atoms with E-state index in [0.29, 0.717) is 12.5 Å². The Balaban J connectivity index is 2.04. The van der Waals surface area contributed by atoms with Gasteiger partial charge in [-0.2, -0.15) is 0 Å². The molecular formula is C19H25ClO2. The van der Waals surface area contributed by atoms with E-state index in [1.807, 2.05) is 19.1 Å². The Morgan fingerprint density at radius 1 is 1.32 bits per heavy atom. The molecule has 1 N–H and O–H groups in total. The van der Waals surface area contributed by atoms with Crippen LogP contribution < -0.4 is 4.74 Å². The number of halogens is 1. The summed E-state index contributed by atoms with van der Waals surface area (Å²) in [6.45, 7) is 4.96. The Morgan fingerprint density at radius 3 is 2.68 bits per heavy atom. The maximum absolute atomic E-state index is 9.20. The van der Waals surface area contributed by atoms with Gasteiger partial charge in [0.15, 0.2) is 0 Å². The number of rotatable bonds is 7. The van der Waals surface area contributed by atoms with Crippen LogP contribution >= 0.6 is 11.6 Å². The number of hydrogen-bond donors (Lipinski definition) is 1. The predicted octanol–water partition coefficient (Wildman–Crippen LogP) is 4.51. The van der Waals surface area contributed by atoms with Crippen molar-refractivity contribution < 1.29 is 9.84 Å². The SMILES string of the molecule is CCOc1ccc(CC2=CC(C[C@H](C)CO)=CCC2Cl)cc1. The lowest BCUT2D eigenvalue weighted by atomic mass is 9.90. The number of aliphatic hydroxyl groups is 1. The Morgan fingerprint density at radius 2 is 2.05 bits per heavy atom. The molecule has 2 rings (SSSR count). The van der Waals surface area contributed by atoms with Gasteiger partial charge in [0.1, 0.15) is 5.75 Å². The van der Waals surface area contributed by atoms with Crippen molar-refractivity contribution in [1.29, 1.82) is 0 Å². The average Bonchev–Trinajstić information content (AvgIpc) is 2.52. The molecule has 0 bridgehead atoms. The highest BCUT2D eigenvalue weighted by Crippen LogP contribution is 2.29. The van der Waals surface area contributed by atoms with Gasteiger partial charge in [-0.15, -0.1) is 11.6 Å². The Labute approximate surface area is 138 Å². The zero-order valence-corrected chi connectivity index (χ0v) is 14.1. The predicted molar refractivity (Wildman–Crippen MR) is 92.6 cm³/mol. The first-order valence-corrected chi connectivity index (χ1v) is 8.42. The Kier molecular flexibility index (Phi) is 6.53. The van der Waals surface area contributed by atoms with E-state index in [2.05, 4.69) is 31.2 Å². The van der Waals surface area contributed by atoms with Crippen molar-refractivity contribution in [3.05, 3.63) is 53.1 Å². The molecule has 0 fully saturated rings. The number of allylic oxidation sites excluding steroid dienone is 4. The number of aliphatic hydroxyl groups excluding tert-OH is 1. The van der Waals surface area contributed by atoms with E-state index in [-0.39, 0.29) is 12.0 Å². The number of benzene rings is 1.